The number of aromatic nitrogens is 1. The summed E-state index contributed by atoms with van der Waals surface area (Å²) in [6, 6.07) is 16.7. The van der Waals surface area contributed by atoms with Gasteiger partial charge in [0.15, 0.2) is 0 Å². The third-order valence-corrected chi connectivity index (χ3v) is 4.56. The Morgan fingerprint density at radius 3 is 2.55 bits per heavy atom. The van der Waals surface area contributed by atoms with Crippen LogP contribution < -0.4 is 0 Å². The van der Waals surface area contributed by atoms with Crippen LogP contribution in [0.1, 0.15) is 49.3 Å². The first-order valence-corrected chi connectivity index (χ1v) is 10.4. The zero-order valence-corrected chi connectivity index (χ0v) is 20.8. The van der Waals surface area contributed by atoms with Gasteiger partial charge >= 0.3 is 0 Å². The van der Waals surface area contributed by atoms with E-state index >= 15 is 0 Å². The molecule has 0 fully saturated rings. The summed E-state index contributed by atoms with van der Waals surface area (Å²) in [7, 11) is 0. The summed E-state index contributed by atoms with van der Waals surface area (Å²) < 4.78 is 12.6. The van der Waals surface area contributed by atoms with Crippen LogP contribution in [-0.4, -0.2) is 22.8 Å². The number of hydrogen-bond acceptors (Lipinski definition) is 3. The smallest absolute Gasteiger partial charge is 0.127 e. The molecule has 0 aliphatic carbocycles. The number of pyridine rings is 1. The summed E-state index contributed by atoms with van der Waals surface area (Å²) in [6.45, 7) is 7.01. The molecule has 0 bridgehead atoms. The molecule has 1 aromatic heterocycles. The maximum Gasteiger partial charge on any atom is 0.127 e. The van der Waals surface area contributed by atoms with Crippen molar-refractivity contribution in [1.29, 1.82) is 0 Å². The largest absolute Gasteiger partial charge is 0.507 e. The Morgan fingerprint density at radius 2 is 1.90 bits per heavy atom. The van der Waals surface area contributed by atoms with E-state index < -0.39 is 0 Å². The van der Waals surface area contributed by atoms with Crippen molar-refractivity contribution in [2.24, 2.45) is 4.99 Å². The zero-order valence-electron chi connectivity index (χ0n) is 18.4. The van der Waals surface area contributed by atoms with Crippen molar-refractivity contribution >= 4 is 6.21 Å². The summed E-state index contributed by atoms with van der Waals surface area (Å²) >= 11 is 0. The minimum absolute atomic E-state index is 0. The first kappa shape index (κ1) is 26.7. The molecule has 0 aliphatic rings. The minimum Gasteiger partial charge on any atom is -0.507 e. The molecule has 1 N–H and O–H groups in total. The predicted molar refractivity (Wildman–Crippen MR) is 123 cm³/mol. The van der Waals surface area contributed by atoms with E-state index in [1.807, 2.05) is 44.2 Å². The van der Waals surface area contributed by atoms with E-state index in [0.29, 0.717) is 5.75 Å². The topological polar surface area (TPSA) is 45.5 Å². The van der Waals surface area contributed by atoms with Crippen molar-refractivity contribution < 1.29 is 29.6 Å². The van der Waals surface area contributed by atoms with Gasteiger partial charge in [0.2, 0.25) is 0 Å². The maximum absolute atomic E-state index is 12.6. The summed E-state index contributed by atoms with van der Waals surface area (Å²) in [6.07, 6.45) is 8.41. The van der Waals surface area contributed by atoms with Crippen molar-refractivity contribution in [3.8, 4) is 17.0 Å². The fraction of sp³-hybridized carbons (Fsp3) is 0.308. The van der Waals surface area contributed by atoms with E-state index in [0.717, 1.165) is 40.9 Å². The van der Waals surface area contributed by atoms with E-state index in [-0.39, 0.29) is 25.9 Å². The van der Waals surface area contributed by atoms with Crippen LogP contribution in [0.25, 0.3) is 11.3 Å². The van der Waals surface area contributed by atoms with Crippen LogP contribution in [0, 0.1) is 25.7 Å². The zero-order chi connectivity index (χ0) is 21.8. The molecule has 1 heterocycles. The second-order valence-electron chi connectivity index (χ2n) is 7.25. The van der Waals surface area contributed by atoms with Gasteiger partial charge in [-0.15, -0.1) is 29.8 Å². The van der Waals surface area contributed by atoms with E-state index in [2.05, 4.69) is 23.0 Å². The van der Waals surface area contributed by atoms with Gasteiger partial charge in [-0.2, -0.15) is 0 Å². The molecule has 3 aromatic rings. The molecule has 0 aliphatic heterocycles. The van der Waals surface area contributed by atoms with Crippen molar-refractivity contribution in [2.45, 2.75) is 46.5 Å². The van der Waals surface area contributed by atoms with Crippen molar-refractivity contribution in [3.63, 3.8) is 0 Å². The Labute approximate surface area is 198 Å². The molecule has 0 atom stereocenters. The number of aryl methyl sites for hydroxylation is 2. The van der Waals surface area contributed by atoms with Gasteiger partial charge in [0, 0.05) is 50.4 Å². The summed E-state index contributed by atoms with van der Waals surface area (Å²) in [5, 5.41) is 9.87. The van der Waals surface area contributed by atoms with Crippen LogP contribution in [0.5, 0.6) is 5.75 Å². The molecular weight excluding hydrogens is 568 g/mol. The number of hydrogen-bond donors (Lipinski definition) is 1. The molecule has 167 valence electrons. The Morgan fingerprint density at radius 1 is 1.10 bits per heavy atom. The number of aromatic hydroxyl groups is 1. The number of nitrogens with zero attached hydrogens (tertiary/aromatic N) is 2. The number of phenols is 1. The molecule has 0 saturated carbocycles. The third-order valence-electron chi connectivity index (χ3n) is 4.56. The van der Waals surface area contributed by atoms with Crippen molar-refractivity contribution in [3.05, 3.63) is 83.3 Å². The normalized spacial score (nSPS) is 10.3. The maximum atomic E-state index is 12.6. The van der Waals surface area contributed by atoms with E-state index in [1.54, 1.807) is 18.5 Å². The first-order valence-electron chi connectivity index (χ1n) is 10.4. The van der Waals surface area contributed by atoms with Crippen molar-refractivity contribution in [2.75, 3.05) is 6.54 Å². The molecular formula is C26H30FIrN2O-. The molecule has 0 spiro atoms. The van der Waals surface area contributed by atoms with E-state index in [1.165, 1.54) is 31.4 Å². The van der Waals surface area contributed by atoms with Crippen LogP contribution in [0.4, 0.5) is 4.39 Å². The fourth-order valence-electron chi connectivity index (χ4n) is 2.97. The molecule has 3 nitrogen and oxygen atoms in total. The minimum atomic E-state index is -0.278. The van der Waals surface area contributed by atoms with Gasteiger partial charge in [0.25, 0.3) is 0 Å². The third kappa shape index (κ3) is 9.54. The predicted octanol–water partition coefficient (Wildman–Crippen LogP) is 6.69. The number of rotatable bonds is 7. The van der Waals surface area contributed by atoms with Gasteiger partial charge in [-0.05, 0) is 49.2 Å². The Hall–Kier alpha value is -2.36. The van der Waals surface area contributed by atoms with Crippen LogP contribution in [0.15, 0.2) is 59.7 Å². The van der Waals surface area contributed by atoms with E-state index in [9.17, 15) is 9.50 Å². The Balaban J connectivity index is 0.000000309. The number of benzene rings is 2. The van der Waals surface area contributed by atoms with Gasteiger partial charge in [0.05, 0.1) is 0 Å². The van der Waals surface area contributed by atoms with Gasteiger partial charge in [-0.3, -0.25) is 9.38 Å². The van der Waals surface area contributed by atoms with Crippen LogP contribution >= 0.6 is 0 Å². The van der Waals surface area contributed by atoms with E-state index in [4.69, 9.17) is 0 Å². The second-order valence-corrected chi connectivity index (χ2v) is 7.25. The summed E-state index contributed by atoms with van der Waals surface area (Å²) in [5.41, 5.74) is 4.52. The number of phenolic OH excluding ortho intramolecular Hbond substituents is 1. The fourth-order valence-corrected chi connectivity index (χ4v) is 2.97. The molecule has 1 radical (unpaired) electrons. The Kier molecular flexibility index (Phi) is 12.6. The van der Waals surface area contributed by atoms with Crippen LogP contribution in [-0.2, 0) is 20.1 Å². The standard InChI is InChI=1S/C15H23NO.C11H7FN.Ir/c1-4-5-6-7-8-16-11-14-10-12(2)9-13(3)15(14)17;12-10-6-4-9(5-7-10)11-3-1-2-8-13-11;/h9-11,17H,4-8H2,1-3H3;1-4,6-8H;/q;-1;. The molecule has 0 saturated heterocycles. The van der Waals surface area contributed by atoms with Gasteiger partial charge in [-0.1, -0.05) is 44.4 Å². The molecule has 0 amide bonds. The molecule has 3 rings (SSSR count). The summed E-state index contributed by atoms with van der Waals surface area (Å²) in [4.78, 5) is 8.50. The number of aliphatic imine (C=N–C) groups is 1. The monoisotopic (exact) mass is 598 g/mol. The van der Waals surface area contributed by atoms with Crippen molar-refractivity contribution in [1.82, 2.24) is 4.98 Å². The first-order chi connectivity index (χ1) is 14.5. The van der Waals surface area contributed by atoms with Gasteiger partial charge in [0.1, 0.15) is 5.75 Å². The number of unbranched alkanes of at least 4 members (excludes halogenated alkanes) is 3. The molecule has 31 heavy (non-hydrogen) atoms. The van der Waals surface area contributed by atoms with Crippen LogP contribution in [0.2, 0.25) is 0 Å². The summed E-state index contributed by atoms with van der Waals surface area (Å²) in [5.74, 6) is 0.0765. The molecule has 0 unspecified atom stereocenters. The average Bonchev–Trinajstić information content (AvgIpc) is 2.75. The molecule has 2 aromatic carbocycles. The van der Waals surface area contributed by atoms with Gasteiger partial charge in [-0.25, -0.2) is 0 Å². The quantitative estimate of drug-likeness (QED) is 0.187. The van der Waals surface area contributed by atoms with Crippen LogP contribution in [0.3, 0.4) is 0 Å². The SMILES string of the molecule is CCCCCCN=Cc1cc(C)cc(C)c1O.Fc1c[c-]c(-c2ccccn2)cc1.[Ir]. The molecule has 5 heteroatoms. The van der Waals surface area contributed by atoms with Gasteiger partial charge < -0.3 is 10.1 Å². The second kappa shape index (κ2) is 14.6. The Bertz CT molecular complexity index is 928. The number of halogens is 1. The average molecular weight is 598 g/mol.